The van der Waals surface area contributed by atoms with Gasteiger partial charge < -0.3 is 28.7 Å². The van der Waals surface area contributed by atoms with Gasteiger partial charge in [0.1, 0.15) is 34.5 Å². The van der Waals surface area contributed by atoms with Crippen molar-refractivity contribution < 1.29 is 46.1 Å². The zero-order valence-corrected chi connectivity index (χ0v) is 31.3. The van der Waals surface area contributed by atoms with Crippen LogP contribution in [0.25, 0.3) is 9.69 Å². The molecule has 4 atom stereocenters. The van der Waals surface area contributed by atoms with Crippen molar-refractivity contribution in [3.8, 4) is 0 Å². The average Bonchev–Trinajstić information content (AvgIpc) is 3.10. The molecule has 2 aromatic carbocycles. The Kier molecular flexibility index (Phi) is 12.4. The highest BCUT2D eigenvalue weighted by atomic mass is 19.1. The van der Waals surface area contributed by atoms with E-state index in [1.807, 2.05) is 41.5 Å². The number of morpholine rings is 2. The summed E-state index contributed by atoms with van der Waals surface area (Å²) in [6.07, 6.45) is -1.85. The molecule has 0 aliphatic carbocycles. The Morgan fingerprint density at radius 1 is 0.648 bits per heavy atom. The van der Waals surface area contributed by atoms with Crippen LogP contribution in [0, 0.1) is 36.4 Å². The molecule has 4 fully saturated rings. The zero-order valence-electron chi connectivity index (χ0n) is 31.3. The van der Waals surface area contributed by atoms with Crippen LogP contribution in [-0.4, -0.2) is 121 Å². The van der Waals surface area contributed by atoms with E-state index in [1.54, 1.807) is 9.80 Å². The van der Waals surface area contributed by atoms with Gasteiger partial charge in [-0.1, -0.05) is 12.1 Å². The summed E-state index contributed by atoms with van der Waals surface area (Å²) in [7, 11) is 0. The first-order chi connectivity index (χ1) is 25.4. The van der Waals surface area contributed by atoms with E-state index >= 15 is 0 Å². The number of halogens is 4. The molecule has 0 saturated carbocycles. The summed E-state index contributed by atoms with van der Waals surface area (Å²) in [5.41, 5.74) is -1.93. The molecule has 0 aromatic heterocycles. The lowest BCUT2D eigenvalue weighted by Gasteiger charge is -2.46. The van der Waals surface area contributed by atoms with Gasteiger partial charge in [-0.2, -0.15) is 0 Å². The monoisotopic (exact) mass is 758 g/mol. The minimum atomic E-state index is -0.870. The van der Waals surface area contributed by atoms with Gasteiger partial charge in [0, 0.05) is 63.5 Å². The number of hydrogen-bond donors (Lipinski definition) is 0. The molecule has 0 radical (unpaired) electrons. The topological polar surface area (TPSA) is 92.7 Å². The van der Waals surface area contributed by atoms with E-state index < -0.39 is 58.1 Å². The van der Waals surface area contributed by atoms with Gasteiger partial charge in [-0.05, 0) is 53.7 Å². The molecule has 0 unspecified atom stereocenters. The van der Waals surface area contributed by atoms with E-state index in [2.05, 4.69) is 19.5 Å². The van der Waals surface area contributed by atoms with E-state index in [0.29, 0.717) is 65.6 Å². The summed E-state index contributed by atoms with van der Waals surface area (Å²) < 4.78 is 78.4. The molecular formula is C38H46F4N6O6. The SMILES string of the molecule is [C-]#[N+]c1c(F)ccc([C@@H]2CN3CCN(C(=O)OC(C)(C)C)C[C@H]3CO2)c1F.[C-]#[N+]c1c(F)ccc([C@H]2CN3CCN(C(=O)OC(C)(C)C)C[C@H]3CO2)c1F. The first-order valence-electron chi connectivity index (χ1n) is 17.8. The molecule has 4 heterocycles. The lowest BCUT2D eigenvalue weighted by atomic mass is 10.0. The molecule has 4 aliphatic heterocycles. The summed E-state index contributed by atoms with van der Waals surface area (Å²) in [5, 5.41) is 0. The Hall–Kier alpha value is -4.48. The number of nitrogens with zero attached hydrogens (tertiary/aromatic N) is 6. The van der Waals surface area contributed by atoms with Crippen LogP contribution in [-0.2, 0) is 18.9 Å². The third-order valence-electron chi connectivity index (χ3n) is 9.40. The Morgan fingerprint density at radius 3 is 1.35 bits per heavy atom. The highest BCUT2D eigenvalue weighted by Crippen LogP contribution is 2.35. The molecule has 4 saturated heterocycles. The highest BCUT2D eigenvalue weighted by molar-refractivity contribution is 5.69. The Labute approximate surface area is 313 Å². The van der Waals surface area contributed by atoms with Gasteiger partial charge in [-0.25, -0.2) is 36.8 Å². The van der Waals surface area contributed by atoms with Crippen molar-refractivity contribution in [2.75, 3.05) is 65.6 Å². The van der Waals surface area contributed by atoms with Crippen molar-refractivity contribution in [1.82, 2.24) is 19.6 Å². The second-order valence-corrected chi connectivity index (χ2v) is 15.6. The van der Waals surface area contributed by atoms with Crippen LogP contribution in [0.4, 0.5) is 38.5 Å². The predicted octanol–water partition coefficient (Wildman–Crippen LogP) is 7.02. The van der Waals surface area contributed by atoms with E-state index in [0.717, 1.165) is 12.1 Å². The Balaban J connectivity index is 0.000000208. The van der Waals surface area contributed by atoms with E-state index in [9.17, 15) is 27.2 Å². The molecule has 2 aromatic rings. The standard InChI is InChI=1S/2C19H23F2N3O3/c2*1-19(2,3)27-18(25)24-8-7-23-10-15(26-11-12(23)9-24)13-5-6-14(20)17(22-4)16(13)21/h2*5-6,12,15H,7-11H2,1-3H3/t12-,15+;12-,15-/m00/s1. The summed E-state index contributed by atoms with van der Waals surface area (Å²) in [5.74, 6) is -3.46. The lowest BCUT2D eigenvalue weighted by molar-refractivity contribution is -0.0917. The van der Waals surface area contributed by atoms with Crippen LogP contribution < -0.4 is 0 Å². The molecule has 16 heteroatoms. The third kappa shape index (κ3) is 9.60. The van der Waals surface area contributed by atoms with Crippen molar-refractivity contribution >= 4 is 23.6 Å². The second-order valence-electron chi connectivity index (χ2n) is 15.6. The molecule has 12 nitrogen and oxygen atoms in total. The number of carbonyl (C=O) groups is 2. The molecule has 4 aliphatic rings. The van der Waals surface area contributed by atoms with Crippen molar-refractivity contribution in [3.63, 3.8) is 0 Å². The van der Waals surface area contributed by atoms with Crippen LogP contribution in [0.1, 0.15) is 64.9 Å². The number of fused-ring (bicyclic) bond motifs is 2. The van der Waals surface area contributed by atoms with Gasteiger partial charge in [0.15, 0.2) is 0 Å². The van der Waals surface area contributed by atoms with E-state index in [-0.39, 0.29) is 35.4 Å². The van der Waals surface area contributed by atoms with Crippen LogP contribution in [0.3, 0.4) is 0 Å². The highest BCUT2D eigenvalue weighted by Gasteiger charge is 2.39. The second kappa shape index (κ2) is 16.5. The number of carbonyl (C=O) groups excluding carboxylic acids is 2. The molecule has 0 spiro atoms. The maximum atomic E-state index is 14.4. The number of ether oxygens (including phenoxy) is 4. The fourth-order valence-electron chi connectivity index (χ4n) is 6.74. The van der Waals surface area contributed by atoms with Gasteiger partial charge in [-0.3, -0.25) is 9.80 Å². The van der Waals surface area contributed by atoms with Gasteiger partial charge in [0.05, 0.1) is 50.6 Å². The largest absolute Gasteiger partial charge is 0.444 e. The van der Waals surface area contributed by atoms with Crippen LogP contribution in [0.2, 0.25) is 0 Å². The van der Waals surface area contributed by atoms with Crippen molar-refractivity contribution in [3.05, 3.63) is 81.5 Å². The quantitative estimate of drug-likeness (QED) is 0.239. The fourth-order valence-corrected chi connectivity index (χ4v) is 6.74. The predicted molar refractivity (Wildman–Crippen MR) is 189 cm³/mol. The summed E-state index contributed by atoms with van der Waals surface area (Å²) in [6, 6.07) is 4.85. The zero-order chi connectivity index (χ0) is 39.5. The third-order valence-corrected chi connectivity index (χ3v) is 9.40. The minimum absolute atomic E-state index is 0.00800. The molecule has 6 rings (SSSR count). The van der Waals surface area contributed by atoms with Gasteiger partial charge >= 0.3 is 12.2 Å². The number of benzene rings is 2. The fraction of sp³-hybridized carbons (Fsp3) is 0.579. The van der Waals surface area contributed by atoms with Crippen LogP contribution >= 0.6 is 0 Å². The first kappa shape index (κ1) is 40.7. The minimum Gasteiger partial charge on any atom is -0.444 e. The van der Waals surface area contributed by atoms with E-state index in [4.69, 9.17) is 32.1 Å². The average molecular weight is 759 g/mol. The molecule has 0 N–H and O–H groups in total. The molecular weight excluding hydrogens is 712 g/mol. The number of piperazine rings is 2. The van der Waals surface area contributed by atoms with Gasteiger partial charge in [0.2, 0.25) is 0 Å². The van der Waals surface area contributed by atoms with Crippen LogP contribution in [0.5, 0.6) is 0 Å². The van der Waals surface area contributed by atoms with Crippen molar-refractivity contribution in [2.24, 2.45) is 0 Å². The number of rotatable bonds is 2. The first-order valence-corrected chi connectivity index (χ1v) is 17.8. The summed E-state index contributed by atoms with van der Waals surface area (Å²) in [6.45, 7) is 29.5. The van der Waals surface area contributed by atoms with Crippen LogP contribution in [0.15, 0.2) is 24.3 Å². The maximum absolute atomic E-state index is 14.4. The Bertz CT molecular complexity index is 1670. The lowest BCUT2D eigenvalue weighted by Crippen LogP contribution is -2.60. The smallest absolute Gasteiger partial charge is 0.410 e. The molecule has 54 heavy (non-hydrogen) atoms. The number of amides is 2. The normalized spacial score (nSPS) is 23.5. The molecule has 0 bridgehead atoms. The summed E-state index contributed by atoms with van der Waals surface area (Å²) in [4.78, 5) is 38.0. The van der Waals surface area contributed by atoms with Crippen molar-refractivity contribution in [1.29, 1.82) is 0 Å². The molecule has 292 valence electrons. The number of hydrogen-bond acceptors (Lipinski definition) is 8. The van der Waals surface area contributed by atoms with Gasteiger partial charge in [0.25, 0.3) is 11.4 Å². The van der Waals surface area contributed by atoms with E-state index in [1.165, 1.54) is 12.1 Å². The maximum Gasteiger partial charge on any atom is 0.410 e. The van der Waals surface area contributed by atoms with Gasteiger partial charge in [-0.15, -0.1) is 0 Å². The van der Waals surface area contributed by atoms with Crippen molar-refractivity contribution in [2.45, 2.75) is 77.0 Å². The Morgan fingerprint density at radius 2 is 1.02 bits per heavy atom. The summed E-state index contributed by atoms with van der Waals surface area (Å²) >= 11 is 0. The molecule has 2 amide bonds.